The largest absolute Gasteiger partial charge is 0.507 e. The molecule has 0 saturated heterocycles. The van der Waals surface area contributed by atoms with Crippen molar-refractivity contribution in [3.63, 3.8) is 0 Å². The first-order valence-electron chi connectivity index (χ1n) is 7.94. The van der Waals surface area contributed by atoms with Crippen LogP contribution in [0.15, 0.2) is 29.0 Å². The van der Waals surface area contributed by atoms with Gasteiger partial charge in [-0.2, -0.15) is 0 Å². The van der Waals surface area contributed by atoms with E-state index in [0.717, 1.165) is 12.8 Å². The summed E-state index contributed by atoms with van der Waals surface area (Å²) in [6, 6.07) is 4.88. The van der Waals surface area contributed by atoms with E-state index < -0.39 is 6.17 Å². The number of alkyl halides is 1. The van der Waals surface area contributed by atoms with Crippen LogP contribution in [0, 0.1) is 0 Å². The van der Waals surface area contributed by atoms with Gasteiger partial charge in [0.2, 0.25) is 17.4 Å². The number of phenolic OH excluding ortho intramolecular Hbond substituents is 1. The summed E-state index contributed by atoms with van der Waals surface area (Å²) in [6.45, 7) is 0. The van der Waals surface area contributed by atoms with Gasteiger partial charge in [0.25, 0.3) is 0 Å². The van der Waals surface area contributed by atoms with Gasteiger partial charge in [-0.25, -0.2) is 4.39 Å². The molecule has 1 aromatic carbocycles. The van der Waals surface area contributed by atoms with E-state index in [1.807, 2.05) is 11.9 Å². The van der Waals surface area contributed by atoms with Crippen LogP contribution in [0.3, 0.4) is 0 Å². The van der Waals surface area contributed by atoms with Crippen LogP contribution in [0.25, 0.3) is 22.0 Å². The Morgan fingerprint density at radius 3 is 2.84 bits per heavy atom. The molecule has 1 fully saturated rings. The van der Waals surface area contributed by atoms with Crippen LogP contribution in [-0.4, -0.2) is 44.8 Å². The number of benzene rings is 1. The fraction of sp³-hybridized carbons (Fsp3) is 0.375. The third kappa shape index (κ3) is 2.95. The van der Waals surface area contributed by atoms with Crippen LogP contribution in [0.4, 0.5) is 9.52 Å². The first kappa shape index (κ1) is 15.9. The van der Waals surface area contributed by atoms with Gasteiger partial charge in [-0.3, -0.25) is 0 Å². The van der Waals surface area contributed by atoms with E-state index >= 15 is 0 Å². The maximum absolute atomic E-state index is 14.0. The Morgan fingerprint density at radius 2 is 2.16 bits per heavy atom. The molecule has 0 aliphatic heterocycles. The molecule has 0 amide bonds. The normalized spacial score (nSPS) is 20.1. The molecule has 3 aromatic rings. The van der Waals surface area contributed by atoms with Crippen LogP contribution in [0.1, 0.15) is 19.3 Å². The van der Waals surface area contributed by atoms with Crippen molar-refractivity contribution in [1.29, 1.82) is 0 Å². The maximum Gasteiger partial charge on any atom is 0.247 e. The first-order chi connectivity index (χ1) is 12.1. The molecule has 0 radical (unpaired) electrons. The zero-order chi connectivity index (χ0) is 17.4. The molecule has 1 aliphatic rings. The first-order valence-corrected chi connectivity index (χ1v) is 8.75. The fourth-order valence-corrected chi connectivity index (χ4v) is 3.98. The van der Waals surface area contributed by atoms with Gasteiger partial charge in [0.15, 0.2) is 5.01 Å². The molecule has 9 heteroatoms. The lowest BCUT2D eigenvalue weighted by atomic mass is 10.1. The van der Waals surface area contributed by atoms with E-state index in [0.29, 0.717) is 33.6 Å². The predicted molar refractivity (Wildman–Crippen MR) is 91.2 cm³/mol. The van der Waals surface area contributed by atoms with Gasteiger partial charge in [0.1, 0.15) is 11.9 Å². The second-order valence-corrected chi connectivity index (χ2v) is 6.95. The smallest absolute Gasteiger partial charge is 0.247 e. The molecule has 25 heavy (non-hydrogen) atoms. The monoisotopic (exact) mass is 361 g/mol. The zero-order valence-electron chi connectivity index (χ0n) is 13.5. The van der Waals surface area contributed by atoms with E-state index in [1.165, 1.54) is 17.7 Å². The zero-order valence-corrected chi connectivity index (χ0v) is 14.3. The summed E-state index contributed by atoms with van der Waals surface area (Å²) in [7, 11) is 1.84. The molecule has 0 bridgehead atoms. The second-order valence-electron chi connectivity index (χ2n) is 5.99. The second kappa shape index (κ2) is 6.40. The van der Waals surface area contributed by atoms with Crippen LogP contribution in [0.5, 0.6) is 5.75 Å². The van der Waals surface area contributed by atoms with Crippen LogP contribution in [0.2, 0.25) is 0 Å². The molecule has 2 atom stereocenters. The van der Waals surface area contributed by atoms with Crippen LogP contribution in [-0.2, 0) is 0 Å². The van der Waals surface area contributed by atoms with Gasteiger partial charge < -0.3 is 14.4 Å². The van der Waals surface area contributed by atoms with E-state index in [4.69, 9.17) is 4.42 Å². The molecule has 0 unspecified atom stereocenters. The number of hydrogen-bond acceptors (Lipinski definition) is 8. The van der Waals surface area contributed by atoms with Crippen LogP contribution < -0.4 is 4.90 Å². The summed E-state index contributed by atoms with van der Waals surface area (Å²) in [5, 5.41) is 27.3. The maximum atomic E-state index is 14.0. The minimum Gasteiger partial charge on any atom is -0.507 e. The minimum absolute atomic E-state index is 0.0466. The van der Waals surface area contributed by atoms with Crippen molar-refractivity contribution in [1.82, 2.24) is 20.4 Å². The Hall–Kier alpha value is -2.55. The predicted octanol–water partition coefficient (Wildman–Crippen LogP) is 3.29. The third-order valence-corrected chi connectivity index (χ3v) is 5.49. The summed E-state index contributed by atoms with van der Waals surface area (Å²) in [6.07, 6.45) is 2.70. The van der Waals surface area contributed by atoms with Crippen molar-refractivity contribution >= 4 is 16.5 Å². The number of halogens is 1. The standard InChI is InChI=1S/C16H16FN5O2S/c1-22(12-4-2-3-11(12)17)16-21-20-15(25-16)10-6-5-9(7-13(10)23)14-19-18-8-24-14/h5-8,11-12,23H,2-4H2,1H3/t11-,12+/m1/s1. The Labute approximate surface area is 147 Å². The molecule has 0 spiro atoms. The molecule has 130 valence electrons. The number of rotatable bonds is 4. The Morgan fingerprint density at radius 1 is 1.28 bits per heavy atom. The molecular formula is C16H16FN5O2S. The van der Waals surface area contributed by atoms with Crippen molar-refractivity contribution in [3.8, 4) is 27.8 Å². The highest BCUT2D eigenvalue weighted by molar-refractivity contribution is 7.18. The number of aromatic hydroxyl groups is 1. The molecule has 7 nitrogen and oxygen atoms in total. The lowest BCUT2D eigenvalue weighted by Crippen LogP contribution is -2.35. The lowest BCUT2D eigenvalue weighted by molar-refractivity contribution is 0.307. The Kier molecular flexibility index (Phi) is 4.08. The number of nitrogens with zero attached hydrogens (tertiary/aromatic N) is 5. The van der Waals surface area contributed by atoms with Gasteiger partial charge in [-0.1, -0.05) is 11.3 Å². The average molecular weight is 361 g/mol. The molecule has 4 rings (SSSR count). The summed E-state index contributed by atoms with van der Waals surface area (Å²) >= 11 is 1.33. The highest BCUT2D eigenvalue weighted by atomic mass is 32.1. The summed E-state index contributed by atoms with van der Waals surface area (Å²) in [4.78, 5) is 1.85. The quantitative estimate of drug-likeness (QED) is 0.763. The highest BCUT2D eigenvalue weighted by Gasteiger charge is 2.32. The van der Waals surface area contributed by atoms with Crippen molar-refractivity contribution in [2.45, 2.75) is 31.5 Å². The number of phenols is 1. The highest BCUT2D eigenvalue weighted by Crippen LogP contribution is 2.38. The van der Waals surface area contributed by atoms with Crippen molar-refractivity contribution < 1.29 is 13.9 Å². The fourth-order valence-electron chi connectivity index (χ4n) is 3.08. The average Bonchev–Trinajstić information content (AvgIpc) is 3.35. The number of hydrogen-bond donors (Lipinski definition) is 1. The molecular weight excluding hydrogens is 345 g/mol. The Balaban J connectivity index is 1.59. The summed E-state index contributed by atoms with van der Waals surface area (Å²) in [5.74, 6) is 0.375. The van der Waals surface area contributed by atoms with E-state index in [2.05, 4.69) is 20.4 Å². The molecule has 1 saturated carbocycles. The van der Waals surface area contributed by atoms with Gasteiger partial charge in [0.05, 0.1) is 11.6 Å². The molecule has 2 heterocycles. The minimum atomic E-state index is -0.834. The van der Waals surface area contributed by atoms with Gasteiger partial charge in [-0.05, 0) is 37.5 Å². The third-order valence-electron chi connectivity index (χ3n) is 4.45. The van der Waals surface area contributed by atoms with Gasteiger partial charge >= 0.3 is 0 Å². The van der Waals surface area contributed by atoms with E-state index in [9.17, 15) is 9.50 Å². The number of anilines is 1. The van der Waals surface area contributed by atoms with Gasteiger partial charge in [-0.15, -0.1) is 20.4 Å². The number of aromatic nitrogens is 4. The van der Waals surface area contributed by atoms with Crippen molar-refractivity contribution in [2.75, 3.05) is 11.9 Å². The van der Waals surface area contributed by atoms with Crippen molar-refractivity contribution in [3.05, 3.63) is 24.6 Å². The lowest BCUT2D eigenvalue weighted by Gasteiger charge is -2.24. The van der Waals surface area contributed by atoms with Crippen LogP contribution >= 0.6 is 11.3 Å². The summed E-state index contributed by atoms with van der Waals surface area (Å²) in [5.41, 5.74) is 1.18. The van der Waals surface area contributed by atoms with E-state index in [-0.39, 0.29) is 11.8 Å². The van der Waals surface area contributed by atoms with E-state index in [1.54, 1.807) is 18.2 Å². The van der Waals surface area contributed by atoms with Crippen molar-refractivity contribution in [2.24, 2.45) is 0 Å². The summed E-state index contributed by atoms with van der Waals surface area (Å²) < 4.78 is 19.1. The van der Waals surface area contributed by atoms with Gasteiger partial charge in [0, 0.05) is 12.6 Å². The topological polar surface area (TPSA) is 88.2 Å². The Bertz CT molecular complexity index is 869. The molecule has 1 N–H and O–H groups in total. The SMILES string of the molecule is CN(c1nnc(-c2ccc(-c3nnco3)cc2O)s1)[C@H]1CCC[C@H]1F. The molecule has 1 aliphatic carbocycles. The molecule has 2 aromatic heterocycles.